The molecule has 0 aliphatic heterocycles. The third-order valence-corrected chi connectivity index (χ3v) is 5.03. The summed E-state index contributed by atoms with van der Waals surface area (Å²) in [5.74, 6) is -0.423. The van der Waals surface area contributed by atoms with Crippen LogP contribution in [-0.4, -0.2) is 27.0 Å². The third kappa shape index (κ3) is 3.73. The molecule has 4 aromatic rings. The molecule has 144 valence electrons. The Balaban J connectivity index is 1.72. The quantitative estimate of drug-likeness (QED) is 0.534. The number of Topliss-reactive ketones (excluding diaryl/α,β-unsaturated/α-hetero) is 1. The van der Waals surface area contributed by atoms with E-state index in [4.69, 9.17) is 5.11 Å². The Bertz CT molecular complexity index is 1270. The molecule has 0 spiro atoms. The summed E-state index contributed by atoms with van der Waals surface area (Å²) in [4.78, 5) is 29.1. The van der Waals surface area contributed by atoms with Crippen molar-refractivity contribution in [3.05, 3.63) is 100 Å². The third-order valence-electron chi connectivity index (χ3n) is 5.03. The Kier molecular flexibility index (Phi) is 5.06. The summed E-state index contributed by atoms with van der Waals surface area (Å²) in [6.07, 6.45) is 1.53. The molecule has 0 saturated heterocycles. The number of benzene rings is 3. The number of rotatable bonds is 5. The van der Waals surface area contributed by atoms with Crippen LogP contribution in [-0.2, 0) is 6.54 Å². The molecule has 0 fully saturated rings. The van der Waals surface area contributed by atoms with Crippen LogP contribution in [0.15, 0.2) is 77.9 Å². The highest BCUT2D eigenvalue weighted by atomic mass is 16.3. The van der Waals surface area contributed by atoms with Gasteiger partial charge in [-0.2, -0.15) is 0 Å². The maximum Gasteiger partial charge on any atom is 0.261 e. The van der Waals surface area contributed by atoms with Gasteiger partial charge < -0.3 is 5.11 Å². The summed E-state index contributed by atoms with van der Waals surface area (Å²) in [6.45, 7) is 1.86. The lowest BCUT2D eigenvalue weighted by Gasteiger charge is -2.10. The first-order valence-electron chi connectivity index (χ1n) is 9.35. The molecule has 0 saturated carbocycles. The molecule has 5 nitrogen and oxygen atoms in total. The van der Waals surface area contributed by atoms with Gasteiger partial charge in [0, 0.05) is 5.56 Å². The molecular formula is C24H20N2O3. The highest BCUT2D eigenvalue weighted by Crippen LogP contribution is 2.24. The Hall–Kier alpha value is -3.57. The van der Waals surface area contributed by atoms with E-state index in [-0.39, 0.29) is 5.56 Å². The average Bonchev–Trinajstić information content (AvgIpc) is 2.75. The number of aryl methyl sites for hydroxylation is 1. The smallest absolute Gasteiger partial charge is 0.261 e. The van der Waals surface area contributed by atoms with E-state index in [9.17, 15) is 9.59 Å². The Labute approximate surface area is 167 Å². The van der Waals surface area contributed by atoms with Crippen LogP contribution in [0, 0.1) is 6.92 Å². The van der Waals surface area contributed by atoms with Gasteiger partial charge in [-0.05, 0) is 53.4 Å². The van der Waals surface area contributed by atoms with E-state index >= 15 is 0 Å². The number of nitrogens with zero attached hydrogens (tertiary/aromatic N) is 2. The summed E-state index contributed by atoms with van der Waals surface area (Å²) in [6, 6.07) is 21.0. The number of aliphatic hydroxyl groups is 1. The van der Waals surface area contributed by atoms with Gasteiger partial charge in [0.25, 0.3) is 5.56 Å². The van der Waals surface area contributed by atoms with E-state index in [1.54, 1.807) is 12.1 Å². The molecule has 3 aromatic carbocycles. The van der Waals surface area contributed by atoms with E-state index in [0.717, 1.165) is 16.7 Å². The van der Waals surface area contributed by atoms with Gasteiger partial charge in [-0.1, -0.05) is 42.5 Å². The minimum atomic E-state index is -0.592. The van der Waals surface area contributed by atoms with Crippen LogP contribution in [0.25, 0.3) is 22.0 Å². The highest BCUT2D eigenvalue weighted by Gasteiger charge is 2.10. The number of carbonyl (C=O) groups is 1. The van der Waals surface area contributed by atoms with Crippen molar-refractivity contribution >= 4 is 16.7 Å². The zero-order valence-corrected chi connectivity index (χ0v) is 16.0. The predicted molar refractivity (Wildman–Crippen MR) is 113 cm³/mol. The van der Waals surface area contributed by atoms with Crippen LogP contribution in [0.5, 0.6) is 0 Å². The van der Waals surface area contributed by atoms with E-state index in [1.807, 2.05) is 24.3 Å². The molecule has 0 radical (unpaired) electrons. The number of aromatic nitrogens is 2. The van der Waals surface area contributed by atoms with Gasteiger partial charge in [-0.3, -0.25) is 14.2 Å². The van der Waals surface area contributed by atoms with Crippen LogP contribution in [0.4, 0.5) is 0 Å². The lowest BCUT2D eigenvalue weighted by Crippen LogP contribution is -2.21. The Morgan fingerprint density at radius 2 is 1.86 bits per heavy atom. The summed E-state index contributed by atoms with van der Waals surface area (Å²) in [5, 5.41) is 9.43. The van der Waals surface area contributed by atoms with Gasteiger partial charge >= 0.3 is 0 Å². The van der Waals surface area contributed by atoms with Gasteiger partial charge in [0.05, 0.1) is 23.8 Å². The van der Waals surface area contributed by atoms with Crippen molar-refractivity contribution < 1.29 is 9.90 Å². The van der Waals surface area contributed by atoms with Gasteiger partial charge in [0.2, 0.25) is 0 Å². The minimum Gasteiger partial charge on any atom is -0.388 e. The molecule has 0 unspecified atom stereocenters. The van der Waals surface area contributed by atoms with Crippen molar-refractivity contribution in [2.75, 3.05) is 6.61 Å². The number of hydrogen-bond donors (Lipinski definition) is 1. The molecular weight excluding hydrogens is 364 g/mol. The molecule has 29 heavy (non-hydrogen) atoms. The van der Waals surface area contributed by atoms with E-state index < -0.39 is 12.4 Å². The van der Waals surface area contributed by atoms with Gasteiger partial charge in [0.15, 0.2) is 5.78 Å². The van der Waals surface area contributed by atoms with Crippen molar-refractivity contribution in [1.29, 1.82) is 0 Å². The van der Waals surface area contributed by atoms with Crippen LogP contribution < -0.4 is 5.56 Å². The molecule has 0 aliphatic rings. The SMILES string of the molecule is Cc1ccccc1-c1cccc(Cn2cnc3ccc(C(=O)CO)cc3c2=O)c1. The van der Waals surface area contributed by atoms with Crippen LogP contribution in [0.2, 0.25) is 0 Å². The summed E-state index contributed by atoms with van der Waals surface area (Å²) in [5.41, 5.74) is 5.03. The molecule has 0 bridgehead atoms. The molecule has 0 aliphatic carbocycles. The predicted octanol–water partition coefficient (Wildman–Crippen LogP) is 3.60. The van der Waals surface area contributed by atoms with Gasteiger partial charge in [-0.15, -0.1) is 0 Å². The second kappa shape index (κ2) is 7.81. The molecule has 1 N–H and O–H groups in total. The molecule has 0 atom stereocenters. The fourth-order valence-electron chi connectivity index (χ4n) is 3.47. The number of ketones is 1. The molecule has 1 heterocycles. The van der Waals surface area contributed by atoms with Gasteiger partial charge in [0.1, 0.15) is 6.61 Å². The fourth-order valence-corrected chi connectivity index (χ4v) is 3.47. The van der Waals surface area contributed by atoms with Crippen molar-refractivity contribution in [3.63, 3.8) is 0 Å². The monoisotopic (exact) mass is 384 g/mol. The fraction of sp³-hybridized carbons (Fsp3) is 0.125. The lowest BCUT2D eigenvalue weighted by molar-refractivity contribution is 0.0904. The standard InChI is InChI=1S/C24H20N2O3/c1-16-5-2-3-8-20(16)18-7-4-6-17(11-18)13-26-15-25-22-10-9-19(23(28)14-27)12-21(22)24(26)29/h2-12,15,27H,13-14H2,1H3. The number of fused-ring (bicyclic) bond motifs is 1. The van der Waals surface area contributed by atoms with Gasteiger partial charge in [-0.25, -0.2) is 4.98 Å². The summed E-state index contributed by atoms with van der Waals surface area (Å²) < 4.78 is 1.53. The zero-order chi connectivity index (χ0) is 20.4. The highest BCUT2D eigenvalue weighted by molar-refractivity contribution is 5.99. The van der Waals surface area contributed by atoms with E-state index in [0.29, 0.717) is 23.0 Å². The minimum absolute atomic E-state index is 0.219. The number of carbonyl (C=O) groups excluding carboxylic acids is 1. The first-order chi connectivity index (χ1) is 14.1. The van der Waals surface area contributed by atoms with E-state index in [2.05, 4.69) is 36.2 Å². The van der Waals surface area contributed by atoms with Crippen LogP contribution >= 0.6 is 0 Å². The Morgan fingerprint density at radius 1 is 1.03 bits per heavy atom. The molecule has 5 heteroatoms. The topological polar surface area (TPSA) is 72.2 Å². The number of hydrogen-bond acceptors (Lipinski definition) is 4. The normalized spacial score (nSPS) is 11.0. The van der Waals surface area contributed by atoms with Crippen LogP contribution in [0.1, 0.15) is 21.5 Å². The second-order valence-electron chi connectivity index (χ2n) is 7.01. The second-order valence-corrected chi connectivity index (χ2v) is 7.01. The largest absolute Gasteiger partial charge is 0.388 e. The molecule has 1 aromatic heterocycles. The molecule has 4 rings (SSSR count). The Morgan fingerprint density at radius 3 is 2.66 bits per heavy atom. The van der Waals surface area contributed by atoms with Crippen molar-refractivity contribution in [1.82, 2.24) is 9.55 Å². The summed E-state index contributed by atoms with van der Waals surface area (Å²) in [7, 11) is 0. The van der Waals surface area contributed by atoms with Crippen molar-refractivity contribution in [3.8, 4) is 11.1 Å². The van der Waals surface area contributed by atoms with Crippen molar-refractivity contribution in [2.45, 2.75) is 13.5 Å². The first-order valence-corrected chi connectivity index (χ1v) is 9.35. The zero-order valence-electron chi connectivity index (χ0n) is 16.0. The average molecular weight is 384 g/mol. The van der Waals surface area contributed by atoms with Crippen LogP contribution in [0.3, 0.4) is 0 Å². The van der Waals surface area contributed by atoms with E-state index in [1.165, 1.54) is 22.5 Å². The van der Waals surface area contributed by atoms with Crippen molar-refractivity contribution in [2.24, 2.45) is 0 Å². The first kappa shape index (κ1) is 18.8. The summed E-state index contributed by atoms with van der Waals surface area (Å²) >= 11 is 0. The number of aliphatic hydroxyl groups excluding tert-OH is 1. The maximum absolute atomic E-state index is 13.0. The molecule has 0 amide bonds. The lowest BCUT2D eigenvalue weighted by atomic mass is 9.99. The maximum atomic E-state index is 13.0.